The van der Waals surface area contributed by atoms with E-state index >= 15 is 0 Å². The SMILES string of the molecule is COc1cc([NH3+])ccc1C1C(=[N+]([O-])[O-])C=C([N+](=O)[O-])c2[nH]o[n+](=O)c21. The molecule has 1 aliphatic carbocycles. The zero-order valence-corrected chi connectivity index (χ0v) is 12.8. The van der Waals surface area contributed by atoms with E-state index in [0.29, 0.717) is 5.69 Å². The van der Waals surface area contributed by atoms with Gasteiger partial charge in [-0.25, -0.2) is 0 Å². The van der Waals surface area contributed by atoms with Crippen LogP contribution in [0.25, 0.3) is 5.70 Å². The number of nitro groups is 1. The number of nitrogens with zero attached hydrogens (tertiary/aromatic N) is 3. The lowest BCUT2D eigenvalue weighted by Gasteiger charge is -2.19. The molecule has 0 aliphatic heterocycles. The van der Waals surface area contributed by atoms with Crippen LogP contribution in [-0.2, 0) is 0 Å². The third-order valence-corrected chi connectivity index (χ3v) is 3.81. The van der Waals surface area contributed by atoms with Crippen LogP contribution in [0.1, 0.15) is 22.9 Å². The van der Waals surface area contributed by atoms with Crippen molar-refractivity contribution < 1.29 is 29.5 Å². The summed E-state index contributed by atoms with van der Waals surface area (Å²) in [4.78, 5) is 21.6. The molecule has 0 bridgehead atoms. The monoisotopic (exact) mass is 350 g/mol. The maximum Gasteiger partial charge on any atom is 0.329 e. The lowest BCUT2D eigenvalue weighted by molar-refractivity contribution is -0.719. The zero-order chi connectivity index (χ0) is 18.3. The number of ether oxygens (including phenoxy) is 1. The number of H-pyrrole nitrogens is 1. The second-order valence-electron chi connectivity index (χ2n) is 5.19. The number of allylic oxidation sites excluding steroid dienone is 1. The molecule has 0 spiro atoms. The first-order valence-electron chi connectivity index (χ1n) is 6.87. The Hall–Kier alpha value is -3.67. The molecule has 3 rings (SSSR count). The quantitative estimate of drug-likeness (QED) is 0.429. The maximum atomic E-state index is 12.0. The number of quaternary nitrogens is 1. The van der Waals surface area contributed by atoms with Gasteiger partial charge in [-0.3, -0.25) is 10.1 Å². The van der Waals surface area contributed by atoms with Crippen LogP contribution >= 0.6 is 0 Å². The molecule has 1 aromatic carbocycles. The molecule has 0 amide bonds. The Kier molecular flexibility index (Phi) is 3.73. The highest BCUT2D eigenvalue weighted by molar-refractivity contribution is 6.05. The molecule has 1 heterocycles. The highest BCUT2D eigenvalue weighted by Gasteiger charge is 2.48. The van der Waals surface area contributed by atoms with E-state index < -0.39 is 27.2 Å². The van der Waals surface area contributed by atoms with Crippen molar-refractivity contribution in [2.75, 3.05) is 7.11 Å². The summed E-state index contributed by atoms with van der Waals surface area (Å²) in [6.07, 6.45) is 0.802. The molecule has 1 aromatic heterocycles. The molecule has 1 aliphatic rings. The van der Waals surface area contributed by atoms with Crippen LogP contribution < -0.4 is 15.1 Å². The number of hydrogen-bond acceptors (Lipinski definition) is 7. The Morgan fingerprint density at radius 1 is 1.36 bits per heavy atom. The van der Waals surface area contributed by atoms with Crippen molar-refractivity contribution in [1.82, 2.24) is 5.16 Å². The minimum Gasteiger partial charge on any atom is -0.612 e. The Labute approximate surface area is 138 Å². The van der Waals surface area contributed by atoms with Crippen molar-refractivity contribution in [1.29, 1.82) is 0 Å². The molecule has 1 unspecified atom stereocenters. The summed E-state index contributed by atoms with van der Waals surface area (Å²) in [7, 11) is 1.36. The van der Waals surface area contributed by atoms with Gasteiger partial charge in [0.05, 0.1) is 18.1 Å². The van der Waals surface area contributed by atoms with E-state index in [9.17, 15) is 25.4 Å². The summed E-state index contributed by atoms with van der Waals surface area (Å²) in [6, 6.07) is 4.64. The smallest absolute Gasteiger partial charge is 0.329 e. The Morgan fingerprint density at radius 3 is 2.68 bits per heavy atom. The molecule has 1 atom stereocenters. The maximum absolute atomic E-state index is 12.0. The number of hydrogen-bond donors (Lipinski definition) is 2. The highest BCUT2D eigenvalue weighted by Crippen LogP contribution is 2.38. The standard InChI is InChI=1S/C13H11N5O7/c1-24-10-4-6(14)2-3-7(10)11-8(16(19)20)5-9(17(21)22)12-13(11)18(23)25-15-12/h2-5,11,15H,14H2,1H3/p+1. The largest absolute Gasteiger partial charge is 0.612 e. The molecule has 2 aromatic rings. The van der Waals surface area contributed by atoms with E-state index in [0.717, 1.165) is 6.08 Å². The number of methoxy groups -OCH3 is 1. The fourth-order valence-corrected chi connectivity index (χ4v) is 2.75. The van der Waals surface area contributed by atoms with Gasteiger partial charge in [-0.05, 0) is 17.0 Å². The molecule has 0 radical (unpaired) electrons. The second-order valence-corrected chi connectivity index (χ2v) is 5.19. The Bertz CT molecular complexity index is 983. The molecular weight excluding hydrogens is 338 g/mol. The van der Waals surface area contributed by atoms with Crippen LogP contribution in [0, 0.1) is 25.4 Å². The number of rotatable bonds is 3. The average molecular weight is 350 g/mol. The predicted octanol–water partition coefficient (Wildman–Crippen LogP) is -0.384. The Balaban J connectivity index is 2.36. The molecule has 12 heteroatoms. The first-order valence-corrected chi connectivity index (χ1v) is 6.87. The van der Waals surface area contributed by atoms with Crippen LogP contribution in [0.2, 0.25) is 0 Å². The molecule has 0 saturated heterocycles. The minimum atomic E-state index is -1.23. The van der Waals surface area contributed by atoms with Crippen molar-refractivity contribution in [2.45, 2.75) is 5.92 Å². The van der Waals surface area contributed by atoms with Gasteiger partial charge >= 0.3 is 5.70 Å². The summed E-state index contributed by atoms with van der Waals surface area (Å²) in [6.45, 7) is 0. The molecule has 0 saturated carbocycles. The fourth-order valence-electron chi connectivity index (χ4n) is 2.75. The topological polar surface area (TPSA) is 181 Å². The summed E-state index contributed by atoms with van der Waals surface area (Å²) in [5, 5.41) is 36.4. The van der Waals surface area contributed by atoms with E-state index in [2.05, 4.69) is 15.5 Å². The normalized spacial score (nSPS) is 16.2. The van der Waals surface area contributed by atoms with Gasteiger partial charge in [0.2, 0.25) is 5.71 Å². The van der Waals surface area contributed by atoms with Crippen LogP contribution in [0.5, 0.6) is 5.75 Å². The minimum absolute atomic E-state index is 0.0163. The molecule has 12 nitrogen and oxygen atoms in total. The van der Waals surface area contributed by atoms with Crippen LogP contribution in [0.15, 0.2) is 28.9 Å². The second kappa shape index (κ2) is 5.76. The zero-order valence-electron chi connectivity index (χ0n) is 12.8. The van der Waals surface area contributed by atoms with Gasteiger partial charge in [-0.2, -0.15) is 4.90 Å². The van der Waals surface area contributed by atoms with Crippen molar-refractivity contribution in [3.8, 4) is 5.75 Å². The van der Waals surface area contributed by atoms with Gasteiger partial charge in [0.15, 0.2) is 4.60 Å². The van der Waals surface area contributed by atoms with Crippen molar-refractivity contribution >= 4 is 17.1 Å². The summed E-state index contributed by atoms with van der Waals surface area (Å²) in [5.41, 5.74) is 2.90. The van der Waals surface area contributed by atoms with Crippen LogP contribution in [0.4, 0.5) is 5.69 Å². The van der Waals surface area contributed by atoms with Crippen LogP contribution in [0.3, 0.4) is 0 Å². The van der Waals surface area contributed by atoms with Crippen molar-refractivity contribution in [3.63, 3.8) is 0 Å². The molecular formula is C13H12N5O7+. The van der Waals surface area contributed by atoms with Crippen LogP contribution in [-0.4, -0.2) is 27.8 Å². The van der Waals surface area contributed by atoms with E-state index in [-0.39, 0.29) is 27.3 Å². The fraction of sp³-hybridized carbons (Fsp3) is 0.154. The van der Waals surface area contributed by atoms with Gasteiger partial charge in [-0.1, -0.05) is 9.79 Å². The number of nitrogens with one attached hydrogen (secondary N) is 1. The molecule has 25 heavy (non-hydrogen) atoms. The van der Waals surface area contributed by atoms with Gasteiger partial charge in [-0.15, -0.1) is 0 Å². The van der Waals surface area contributed by atoms with Gasteiger partial charge < -0.3 is 20.9 Å². The van der Waals surface area contributed by atoms with Gasteiger partial charge in [0, 0.05) is 11.6 Å². The molecule has 130 valence electrons. The molecule has 0 fully saturated rings. The Morgan fingerprint density at radius 2 is 2.08 bits per heavy atom. The number of aromatic nitrogens is 2. The van der Waals surface area contributed by atoms with Crippen molar-refractivity contribution in [3.05, 3.63) is 66.7 Å². The first-order chi connectivity index (χ1) is 11.8. The van der Waals surface area contributed by atoms with Gasteiger partial charge in [0.25, 0.3) is 11.4 Å². The molecule has 4 N–H and O–H groups in total. The van der Waals surface area contributed by atoms with E-state index in [4.69, 9.17) is 4.74 Å². The summed E-state index contributed by atoms with van der Waals surface area (Å²) in [5.74, 6) is -0.973. The number of fused-ring (bicyclic) bond motifs is 1. The summed E-state index contributed by atoms with van der Waals surface area (Å²) >= 11 is 0. The van der Waals surface area contributed by atoms with Gasteiger partial charge in [0.1, 0.15) is 17.4 Å². The average Bonchev–Trinajstić information content (AvgIpc) is 2.95. The highest BCUT2D eigenvalue weighted by atomic mass is 16.8. The first kappa shape index (κ1) is 16.2. The number of aromatic amines is 1. The lowest BCUT2D eigenvalue weighted by atomic mass is 9.84. The van der Waals surface area contributed by atoms with E-state index in [1.54, 1.807) is 6.07 Å². The summed E-state index contributed by atoms with van der Waals surface area (Å²) < 4.78 is 9.79. The third-order valence-electron chi connectivity index (χ3n) is 3.81. The third kappa shape index (κ3) is 2.49. The van der Waals surface area contributed by atoms with Crippen molar-refractivity contribution in [2.24, 2.45) is 0 Å². The number of benzene rings is 1. The van der Waals surface area contributed by atoms with E-state index in [1.165, 1.54) is 19.2 Å². The lowest BCUT2D eigenvalue weighted by Crippen LogP contribution is -2.40. The van der Waals surface area contributed by atoms with E-state index in [1.807, 2.05) is 0 Å². The predicted molar refractivity (Wildman–Crippen MR) is 80.8 cm³/mol.